The molecule has 0 aliphatic heterocycles. The van der Waals surface area contributed by atoms with Crippen LogP contribution in [-0.2, 0) is 0 Å². The Balaban J connectivity index is 2.69. The van der Waals surface area contributed by atoms with Crippen LogP contribution in [-0.4, -0.2) is 22.1 Å². The highest BCUT2D eigenvalue weighted by atomic mass is 79.9. The molecule has 0 fully saturated rings. The topological polar surface area (TPSA) is 63.8 Å². The number of rotatable bonds is 3. The van der Waals surface area contributed by atoms with Crippen molar-refractivity contribution < 1.29 is 0 Å². The molecule has 0 radical (unpaired) electrons. The molecule has 4 nitrogen and oxygen atoms in total. The minimum atomic E-state index is -0.173. The minimum Gasteiger partial charge on any atom is -0.348 e. The van der Waals surface area contributed by atoms with Crippen molar-refractivity contribution in [3.05, 3.63) is 16.9 Å². The lowest BCUT2D eigenvalue weighted by Gasteiger charge is -2.23. The fourth-order valence-electron chi connectivity index (χ4n) is 0.731. The van der Waals surface area contributed by atoms with Gasteiger partial charge >= 0.3 is 0 Å². The third-order valence-corrected chi connectivity index (χ3v) is 1.99. The quantitative estimate of drug-likeness (QED) is 0.844. The van der Waals surface area contributed by atoms with Crippen molar-refractivity contribution in [1.29, 1.82) is 0 Å². The predicted octanol–water partition coefficient (Wildman–Crippen LogP) is 1.39. The van der Waals surface area contributed by atoms with Gasteiger partial charge in [-0.1, -0.05) is 0 Å². The van der Waals surface area contributed by atoms with Gasteiger partial charge in [-0.15, -0.1) is 0 Å². The molecule has 0 saturated heterocycles. The summed E-state index contributed by atoms with van der Waals surface area (Å²) in [6, 6.07) is 0. The third kappa shape index (κ3) is 3.28. The zero-order valence-corrected chi connectivity index (χ0v) is 9.30. The van der Waals surface area contributed by atoms with Crippen LogP contribution in [0.5, 0.6) is 0 Å². The molecule has 72 valence electrons. The van der Waals surface area contributed by atoms with E-state index in [1.807, 2.05) is 13.8 Å². The fraction of sp³-hybridized carbons (Fsp3) is 0.500. The van der Waals surface area contributed by atoms with Crippen LogP contribution in [0.15, 0.2) is 16.9 Å². The zero-order chi connectivity index (χ0) is 9.90. The Hall–Kier alpha value is -0.680. The van der Waals surface area contributed by atoms with Crippen molar-refractivity contribution in [2.24, 2.45) is 5.73 Å². The summed E-state index contributed by atoms with van der Waals surface area (Å²) in [6.07, 6.45) is 3.39. The van der Waals surface area contributed by atoms with Crippen LogP contribution >= 0.6 is 15.9 Å². The Morgan fingerprint density at radius 1 is 1.46 bits per heavy atom. The van der Waals surface area contributed by atoms with Gasteiger partial charge in [-0.25, -0.2) is 9.97 Å². The van der Waals surface area contributed by atoms with Gasteiger partial charge in [0.2, 0.25) is 5.95 Å². The second-order valence-corrected chi connectivity index (χ2v) is 4.35. The van der Waals surface area contributed by atoms with E-state index >= 15 is 0 Å². The summed E-state index contributed by atoms with van der Waals surface area (Å²) in [5, 5.41) is 3.13. The van der Waals surface area contributed by atoms with E-state index in [0.29, 0.717) is 12.5 Å². The van der Waals surface area contributed by atoms with Gasteiger partial charge in [0.25, 0.3) is 0 Å². The summed E-state index contributed by atoms with van der Waals surface area (Å²) in [7, 11) is 0. The first kappa shape index (κ1) is 10.4. The Morgan fingerprint density at radius 2 is 2.00 bits per heavy atom. The molecule has 1 rings (SSSR count). The van der Waals surface area contributed by atoms with Crippen LogP contribution in [0.2, 0.25) is 0 Å². The normalized spacial score (nSPS) is 11.4. The summed E-state index contributed by atoms with van der Waals surface area (Å²) in [6.45, 7) is 4.53. The molecule has 0 aromatic carbocycles. The minimum absolute atomic E-state index is 0.173. The van der Waals surface area contributed by atoms with Gasteiger partial charge in [-0.2, -0.15) is 0 Å². The van der Waals surface area contributed by atoms with E-state index in [4.69, 9.17) is 5.73 Å². The van der Waals surface area contributed by atoms with Gasteiger partial charge in [-0.05, 0) is 29.8 Å². The zero-order valence-electron chi connectivity index (χ0n) is 7.71. The summed E-state index contributed by atoms with van der Waals surface area (Å²) >= 11 is 3.26. The molecule has 1 aromatic heterocycles. The van der Waals surface area contributed by atoms with E-state index in [9.17, 15) is 0 Å². The van der Waals surface area contributed by atoms with Crippen LogP contribution in [0, 0.1) is 0 Å². The second-order valence-electron chi connectivity index (χ2n) is 3.44. The number of aromatic nitrogens is 2. The molecule has 0 spiro atoms. The Kier molecular flexibility index (Phi) is 3.22. The number of nitrogens with zero attached hydrogens (tertiary/aromatic N) is 2. The van der Waals surface area contributed by atoms with Crippen LogP contribution in [0.25, 0.3) is 0 Å². The van der Waals surface area contributed by atoms with E-state index in [1.165, 1.54) is 0 Å². The molecule has 0 atom stereocenters. The second kappa shape index (κ2) is 4.02. The van der Waals surface area contributed by atoms with Gasteiger partial charge in [0, 0.05) is 24.5 Å². The van der Waals surface area contributed by atoms with E-state index < -0.39 is 0 Å². The van der Waals surface area contributed by atoms with E-state index in [0.717, 1.165) is 4.47 Å². The number of nitrogens with two attached hydrogens (primary N) is 1. The lowest BCUT2D eigenvalue weighted by Crippen LogP contribution is -2.39. The average molecular weight is 245 g/mol. The van der Waals surface area contributed by atoms with Crippen molar-refractivity contribution in [2.75, 3.05) is 11.9 Å². The molecule has 13 heavy (non-hydrogen) atoms. The summed E-state index contributed by atoms with van der Waals surface area (Å²) < 4.78 is 0.864. The maximum atomic E-state index is 5.56. The summed E-state index contributed by atoms with van der Waals surface area (Å²) in [5.74, 6) is 0.596. The van der Waals surface area contributed by atoms with E-state index in [2.05, 4.69) is 31.2 Å². The van der Waals surface area contributed by atoms with Crippen LogP contribution in [0.3, 0.4) is 0 Å². The maximum Gasteiger partial charge on any atom is 0.223 e. The van der Waals surface area contributed by atoms with Crippen LogP contribution in [0.1, 0.15) is 13.8 Å². The molecule has 0 aliphatic carbocycles. The molecule has 5 heteroatoms. The number of nitrogens with one attached hydrogen (secondary N) is 1. The molecule has 0 bridgehead atoms. The van der Waals surface area contributed by atoms with Gasteiger partial charge in [-0.3, -0.25) is 0 Å². The van der Waals surface area contributed by atoms with Crippen molar-refractivity contribution in [1.82, 2.24) is 9.97 Å². The third-order valence-electron chi connectivity index (χ3n) is 1.58. The number of anilines is 1. The van der Waals surface area contributed by atoms with Crippen molar-refractivity contribution in [2.45, 2.75) is 19.4 Å². The molecule has 0 unspecified atom stereocenters. The molecule has 0 saturated carbocycles. The molecular formula is C8H13BrN4. The van der Waals surface area contributed by atoms with Gasteiger partial charge in [0.1, 0.15) is 0 Å². The number of hydrogen-bond donors (Lipinski definition) is 2. The average Bonchev–Trinajstić information content (AvgIpc) is 2.09. The monoisotopic (exact) mass is 244 g/mol. The molecule has 3 N–H and O–H groups in total. The highest BCUT2D eigenvalue weighted by molar-refractivity contribution is 9.10. The Bertz CT molecular complexity index is 270. The van der Waals surface area contributed by atoms with Crippen molar-refractivity contribution in [3.8, 4) is 0 Å². The maximum absolute atomic E-state index is 5.56. The first-order chi connectivity index (χ1) is 6.03. The summed E-state index contributed by atoms with van der Waals surface area (Å²) in [5.41, 5.74) is 5.38. The SMILES string of the molecule is CC(C)(CN)Nc1ncc(Br)cn1. The molecule has 0 amide bonds. The van der Waals surface area contributed by atoms with Gasteiger partial charge < -0.3 is 11.1 Å². The predicted molar refractivity (Wildman–Crippen MR) is 56.5 cm³/mol. The Labute approximate surface area is 86.1 Å². The number of hydrogen-bond acceptors (Lipinski definition) is 4. The molecule has 0 aliphatic rings. The largest absolute Gasteiger partial charge is 0.348 e. The fourth-order valence-corrected chi connectivity index (χ4v) is 0.935. The van der Waals surface area contributed by atoms with Crippen molar-refractivity contribution >= 4 is 21.9 Å². The summed E-state index contributed by atoms with van der Waals surface area (Å²) in [4.78, 5) is 8.17. The first-order valence-electron chi connectivity index (χ1n) is 3.99. The highest BCUT2D eigenvalue weighted by Gasteiger charge is 2.15. The lowest BCUT2D eigenvalue weighted by molar-refractivity contribution is 0.574. The lowest BCUT2D eigenvalue weighted by atomic mass is 10.1. The molecular weight excluding hydrogens is 232 g/mol. The van der Waals surface area contributed by atoms with Crippen LogP contribution in [0.4, 0.5) is 5.95 Å². The molecule has 1 aromatic rings. The van der Waals surface area contributed by atoms with Gasteiger partial charge in [0.15, 0.2) is 0 Å². The smallest absolute Gasteiger partial charge is 0.223 e. The first-order valence-corrected chi connectivity index (χ1v) is 4.78. The Morgan fingerprint density at radius 3 is 2.46 bits per heavy atom. The van der Waals surface area contributed by atoms with Crippen molar-refractivity contribution in [3.63, 3.8) is 0 Å². The molecule has 1 heterocycles. The standard InChI is InChI=1S/C8H13BrN4/c1-8(2,5-10)13-7-11-3-6(9)4-12-7/h3-4H,5,10H2,1-2H3,(H,11,12,13). The van der Waals surface area contributed by atoms with E-state index in [1.54, 1.807) is 12.4 Å². The van der Waals surface area contributed by atoms with Gasteiger partial charge in [0.05, 0.1) is 4.47 Å². The van der Waals surface area contributed by atoms with Crippen LogP contribution < -0.4 is 11.1 Å². The highest BCUT2D eigenvalue weighted by Crippen LogP contribution is 2.11. The number of halogens is 1. The van der Waals surface area contributed by atoms with E-state index in [-0.39, 0.29) is 5.54 Å².